The van der Waals surface area contributed by atoms with Crippen LogP contribution in [-0.2, 0) is 7.05 Å². The van der Waals surface area contributed by atoms with Crippen LogP contribution in [-0.4, -0.2) is 33.7 Å². The maximum Gasteiger partial charge on any atom is 0.257 e. The van der Waals surface area contributed by atoms with E-state index in [4.69, 9.17) is 0 Å². The fourth-order valence-corrected chi connectivity index (χ4v) is 2.92. The first-order valence-electron chi connectivity index (χ1n) is 6.78. The number of aromatic nitrogens is 2. The molecule has 0 aliphatic heterocycles. The predicted molar refractivity (Wildman–Crippen MR) is 71.5 cm³/mol. The largest absolute Gasteiger partial charge is 0.338 e. The lowest BCUT2D eigenvalue weighted by atomic mass is 9.85. The van der Waals surface area contributed by atoms with E-state index in [1.54, 1.807) is 10.9 Å². The lowest BCUT2D eigenvalue weighted by Crippen LogP contribution is -2.42. The minimum Gasteiger partial charge on any atom is -0.338 e. The van der Waals surface area contributed by atoms with Crippen molar-refractivity contribution >= 4 is 5.91 Å². The van der Waals surface area contributed by atoms with Crippen molar-refractivity contribution in [3.05, 3.63) is 17.5 Å². The van der Waals surface area contributed by atoms with Gasteiger partial charge in [0.15, 0.2) is 0 Å². The van der Waals surface area contributed by atoms with Gasteiger partial charge in [0.05, 0.1) is 11.8 Å². The molecule has 100 valence electrons. The zero-order valence-electron chi connectivity index (χ0n) is 11.8. The second kappa shape index (κ2) is 5.12. The summed E-state index contributed by atoms with van der Waals surface area (Å²) in [6.45, 7) is 4.20. The molecule has 2 atom stereocenters. The molecule has 0 spiro atoms. The van der Waals surface area contributed by atoms with Crippen molar-refractivity contribution in [3.8, 4) is 0 Å². The molecule has 0 N–H and O–H groups in total. The van der Waals surface area contributed by atoms with Crippen molar-refractivity contribution in [2.24, 2.45) is 13.0 Å². The van der Waals surface area contributed by atoms with E-state index in [1.165, 1.54) is 19.3 Å². The number of hydrogen-bond acceptors (Lipinski definition) is 2. The highest BCUT2D eigenvalue weighted by Crippen LogP contribution is 2.28. The van der Waals surface area contributed by atoms with Crippen LogP contribution in [0, 0.1) is 12.8 Å². The number of rotatable bonds is 2. The summed E-state index contributed by atoms with van der Waals surface area (Å²) in [5.41, 5.74) is 1.67. The third-order valence-electron chi connectivity index (χ3n) is 4.35. The molecule has 1 amide bonds. The summed E-state index contributed by atoms with van der Waals surface area (Å²) in [7, 11) is 3.80. The van der Waals surface area contributed by atoms with Crippen molar-refractivity contribution in [2.75, 3.05) is 7.05 Å². The molecule has 1 aliphatic rings. The molecule has 0 unspecified atom stereocenters. The van der Waals surface area contributed by atoms with Crippen LogP contribution in [0.2, 0.25) is 0 Å². The Bertz CT molecular complexity index is 438. The summed E-state index contributed by atoms with van der Waals surface area (Å²) < 4.78 is 1.76. The number of amides is 1. The van der Waals surface area contributed by atoms with E-state index in [0.717, 1.165) is 17.7 Å². The summed E-state index contributed by atoms with van der Waals surface area (Å²) in [5, 5.41) is 4.15. The average molecular weight is 249 g/mol. The zero-order valence-corrected chi connectivity index (χ0v) is 11.8. The van der Waals surface area contributed by atoms with Crippen LogP contribution < -0.4 is 0 Å². The van der Waals surface area contributed by atoms with Crippen LogP contribution in [0.3, 0.4) is 0 Å². The summed E-state index contributed by atoms with van der Waals surface area (Å²) >= 11 is 0. The number of hydrogen-bond donors (Lipinski definition) is 0. The van der Waals surface area contributed by atoms with Gasteiger partial charge in [-0.3, -0.25) is 9.48 Å². The van der Waals surface area contributed by atoms with Gasteiger partial charge in [-0.05, 0) is 25.7 Å². The fourth-order valence-electron chi connectivity index (χ4n) is 2.92. The molecule has 0 bridgehead atoms. The molecule has 1 aromatic heterocycles. The summed E-state index contributed by atoms with van der Waals surface area (Å²) in [5.74, 6) is 0.712. The molecular weight excluding hydrogens is 226 g/mol. The van der Waals surface area contributed by atoms with Gasteiger partial charge in [0.2, 0.25) is 0 Å². The molecule has 0 radical (unpaired) electrons. The highest BCUT2D eigenvalue weighted by Gasteiger charge is 2.29. The number of carbonyl (C=O) groups is 1. The van der Waals surface area contributed by atoms with Gasteiger partial charge in [-0.25, -0.2) is 0 Å². The first kappa shape index (κ1) is 13.1. The molecule has 1 aliphatic carbocycles. The minimum atomic E-state index is 0.111. The van der Waals surface area contributed by atoms with Gasteiger partial charge in [0.1, 0.15) is 0 Å². The SMILES string of the molecule is Cc1c(C(=O)N(C)[C@@H]2CCCC[C@H]2C)cnn1C. The topological polar surface area (TPSA) is 38.1 Å². The second-order valence-corrected chi connectivity index (χ2v) is 5.51. The third kappa shape index (κ3) is 2.28. The van der Waals surface area contributed by atoms with E-state index >= 15 is 0 Å². The highest BCUT2D eigenvalue weighted by molar-refractivity contribution is 5.95. The van der Waals surface area contributed by atoms with E-state index in [1.807, 2.05) is 25.9 Å². The summed E-state index contributed by atoms with van der Waals surface area (Å²) in [6.07, 6.45) is 6.57. The van der Waals surface area contributed by atoms with Crippen molar-refractivity contribution < 1.29 is 4.79 Å². The van der Waals surface area contributed by atoms with E-state index in [9.17, 15) is 4.79 Å². The number of aryl methyl sites for hydroxylation is 1. The fraction of sp³-hybridized carbons (Fsp3) is 0.714. The van der Waals surface area contributed by atoms with Gasteiger partial charge in [0, 0.05) is 25.8 Å². The van der Waals surface area contributed by atoms with Crippen LogP contribution >= 0.6 is 0 Å². The third-order valence-corrected chi connectivity index (χ3v) is 4.35. The molecule has 18 heavy (non-hydrogen) atoms. The standard InChI is InChI=1S/C14H23N3O/c1-10-7-5-6-8-13(10)16(3)14(18)12-9-15-17(4)11(12)2/h9-10,13H,5-8H2,1-4H3/t10-,13-/m1/s1. The Kier molecular flexibility index (Phi) is 3.73. The minimum absolute atomic E-state index is 0.111. The van der Waals surface area contributed by atoms with Crippen LogP contribution in [0.1, 0.15) is 48.7 Å². The summed E-state index contributed by atoms with van der Waals surface area (Å²) in [4.78, 5) is 14.4. The Labute approximate surface area is 109 Å². The van der Waals surface area contributed by atoms with Crippen LogP contribution in [0.15, 0.2) is 6.20 Å². The van der Waals surface area contributed by atoms with E-state index in [0.29, 0.717) is 12.0 Å². The van der Waals surface area contributed by atoms with Gasteiger partial charge < -0.3 is 4.90 Å². The summed E-state index contributed by atoms with van der Waals surface area (Å²) in [6, 6.07) is 0.380. The van der Waals surface area contributed by atoms with Gasteiger partial charge in [-0.1, -0.05) is 19.8 Å². The molecule has 0 aromatic carbocycles. The number of carbonyl (C=O) groups excluding carboxylic acids is 1. The Morgan fingerprint density at radius 1 is 1.44 bits per heavy atom. The number of nitrogens with zero attached hydrogens (tertiary/aromatic N) is 3. The van der Waals surface area contributed by atoms with Crippen LogP contribution in [0.25, 0.3) is 0 Å². The molecule has 2 rings (SSSR count). The molecule has 1 aromatic rings. The Balaban J connectivity index is 2.15. The average Bonchev–Trinajstić information content (AvgIpc) is 2.69. The second-order valence-electron chi connectivity index (χ2n) is 5.51. The van der Waals surface area contributed by atoms with Crippen molar-refractivity contribution in [2.45, 2.75) is 45.6 Å². The smallest absolute Gasteiger partial charge is 0.257 e. The lowest BCUT2D eigenvalue weighted by molar-refractivity contribution is 0.0628. The highest BCUT2D eigenvalue weighted by atomic mass is 16.2. The molecule has 1 saturated carbocycles. The lowest BCUT2D eigenvalue weighted by Gasteiger charge is -2.36. The maximum atomic E-state index is 12.5. The zero-order chi connectivity index (χ0) is 13.3. The van der Waals surface area contributed by atoms with Crippen LogP contribution in [0.4, 0.5) is 0 Å². The van der Waals surface area contributed by atoms with E-state index < -0.39 is 0 Å². The van der Waals surface area contributed by atoms with E-state index in [-0.39, 0.29) is 5.91 Å². The normalized spacial score (nSPS) is 24.0. The molecule has 4 nitrogen and oxygen atoms in total. The maximum absolute atomic E-state index is 12.5. The molecular formula is C14H23N3O. The predicted octanol–water partition coefficient (Wildman–Crippen LogP) is 2.38. The molecule has 1 heterocycles. The van der Waals surface area contributed by atoms with E-state index in [2.05, 4.69) is 12.0 Å². The quantitative estimate of drug-likeness (QED) is 0.807. The molecule has 1 fully saturated rings. The monoisotopic (exact) mass is 249 g/mol. The van der Waals surface area contributed by atoms with Gasteiger partial charge >= 0.3 is 0 Å². The molecule has 4 heteroatoms. The van der Waals surface area contributed by atoms with Gasteiger partial charge in [-0.2, -0.15) is 5.10 Å². The van der Waals surface area contributed by atoms with Crippen molar-refractivity contribution in [3.63, 3.8) is 0 Å². The first-order valence-corrected chi connectivity index (χ1v) is 6.78. The van der Waals surface area contributed by atoms with Crippen molar-refractivity contribution in [1.82, 2.24) is 14.7 Å². The Morgan fingerprint density at radius 2 is 2.11 bits per heavy atom. The first-order chi connectivity index (χ1) is 8.52. The van der Waals surface area contributed by atoms with Crippen LogP contribution in [0.5, 0.6) is 0 Å². The molecule has 0 saturated heterocycles. The van der Waals surface area contributed by atoms with Crippen molar-refractivity contribution in [1.29, 1.82) is 0 Å². The van der Waals surface area contributed by atoms with Gasteiger partial charge in [0.25, 0.3) is 5.91 Å². The Hall–Kier alpha value is -1.32. The Morgan fingerprint density at radius 3 is 2.67 bits per heavy atom. The van der Waals surface area contributed by atoms with Gasteiger partial charge in [-0.15, -0.1) is 0 Å².